The molecule has 0 aliphatic carbocycles. The van der Waals surface area contributed by atoms with Gasteiger partial charge in [0.25, 0.3) is 11.8 Å². The number of aromatic hydroxyl groups is 1. The van der Waals surface area contributed by atoms with Crippen LogP contribution in [0.25, 0.3) is 0 Å². The van der Waals surface area contributed by atoms with E-state index in [0.717, 1.165) is 6.54 Å². The smallest absolute Gasteiger partial charge is 0.270 e. The summed E-state index contributed by atoms with van der Waals surface area (Å²) < 4.78 is 9.85. The van der Waals surface area contributed by atoms with Crippen LogP contribution in [0.1, 0.15) is 48.5 Å². The molecule has 1 heterocycles. The number of nitrogens with zero attached hydrogens (tertiary/aromatic N) is 2. The van der Waals surface area contributed by atoms with Gasteiger partial charge in [-0.05, 0) is 27.7 Å². The Bertz CT molecular complexity index is 846. The van der Waals surface area contributed by atoms with E-state index in [1.54, 1.807) is 10.9 Å². The van der Waals surface area contributed by atoms with Crippen molar-refractivity contribution in [3.63, 3.8) is 0 Å². The highest BCUT2D eigenvalue weighted by Gasteiger charge is 2.14. The molecule has 0 unspecified atom stereocenters. The minimum absolute atomic E-state index is 0. The van der Waals surface area contributed by atoms with Gasteiger partial charge in [0.05, 0.1) is 25.3 Å². The lowest BCUT2D eigenvalue weighted by Crippen LogP contribution is -2.42. The Hall–Kier alpha value is -2.68. The van der Waals surface area contributed by atoms with Crippen LogP contribution in [0.3, 0.4) is 0 Å². The number of halogens is 1. The number of phenols is 1. The van der Waals surface area contributed by atoms with E-state index in [9.17, 15) is 14.7 Å². The van der Waals surface area contributed by atoms with Gasteiger partial charge in [0.2, 0.25) is 0 Å². The Labute approximate surface area is 215 Å². The standard InChI is InChI=1S/C12H21N3OS.C9H11NO4.ClH.3H2O/c1-9(2)15(10(3)4)6-5-13-12(16)11-7-17-8-14-11;1-13-7-3-5(9(10)12)6(11)4-8(7)14-2;;;;/h7-10H,5-6H2,1-4H3,(H,13,16);3-4,11H,1-2H3,(H2,10,12);1H;3*1H2. The van der Waals surface area contributed by atoms with Gasteiger partial charge in [0.1, 0.15) is 11.4 Å². The number of thiazole rings is 1. The van der Waals surface area contributed by atoms with E-state index in [4.69, 9.17) is 15.2 Å². The molecule has 0 spiro atoms. The van der Waals surface area contributed by atoms with Crippen molar-refractivity contribution >= 4 is 35.6 Å². The van der Waals surface area contributed by atoms with Gasteiger partial charge in [-0.1, -0.05) is 0 Å². The maximum Gasteiger partial charge on any atom is 0.270 e. The molecule has 14 heteroatoms. The maximum atomic E-state index is 11.6. The van der Waals surface area contributed by atoms with E-state index in [2.05, 4.69) is 42.9 Å². The first-order chi connectivity index (χ1) is 14.6. The summed E-state index contributed by atoms with van der Waals surface area (Å²) in [5.74, 6) is -0.341. The van der Waals surface area contributed by atoms with Crippen molar-refractivity contribution in [3.8, 4) is 17.2 Å². The zero-order valence-electron chi connectivity index (χ0n) is 20.7. The largest absolute Gasteiger partial charge is 0.507 e. The van der Waals surface area contributed by atoms with E-state index < -0.39 is 5.91 Å². The average molecular weight is 543 g/mol. The second kappa shape index (κ2) is 19.6. The molecule has 0 saturated heterocycles. The molecule has 204 valence electrons. The SMILES string of the molecule is CC(C)N(CCNC(=O)c1cscn1)C(C)C.COc1cc(O)c(C(N)=O)cc1OC.Cl.O.O.O. The Morgan fingerprint density at radius 3 is 2.00 bits per heavy atom. The summed E-state index contributed by atoms with van der Waals surface area (Å²) in [6.07, 6.45) is 0. The summed E-state index contributed by atoms with van der Waals surface area (Å²) in [6.45, 7) is 10.2. The summed E-state index contributed by atoms with van der Waals surface area (Å²) in [5.41, 5.74) is 7.22. The molecule has 0 aliphatic rings. The quantitative estimate of drug-likeness (QED) is 0.405. The fraction of sp³-hybridized carbons (Fsp3) is 0.476. The Morgan fingerprint density at radius 1 is 1.09 bits per heavy atom. The zero-order valence-corrected chi connectivity index (χ0v) is 22.4. The van der Waals surface area contributed by atoms with E-state index in [0.29, 0.717) is 35.8 Å². The van der Waals surface area contributed by atoms with E-state index >= 15 is 0 Å². The molecule has 2 amide bonds. The highest BCUT2D eigenvalue weighted by molar-refractivity contribution is 7.07. The minimum atomic E-state index is -0.719. The van der Waals surface area contributed by atoms with E-state index in [-0.39, 0.29) is 46.1 Å². The van der Waals surface area contributed by atoms with Crippen LogP contribution in [-0.2, 0) is 0 Å². The van der Waals surface area contributed by atoms with Gasteiger partial charge < -0.3 is 42.1 Å². The van der Waals surface area contributed by atoms with Crippen LogP contribution in [0.4, 0.5) is 0 Å². The molecule has 2 aromatic rings. The summed E-state index contributed by atoms with van der Waals surface area (Å²) >= 11 is 1.44. The summed E-state index contributed by atoms with van der Waals surface area (Å²) in [4.78, 5) is 28.8. The maximum absolute atomic E-state index is 11.6. The monoisotopic (exact) mass is 542 g/mol. The third-order valence-corrected chi connectivity index (χ3v) is 5.00. The number of nitrogens with two attached hydrogens (primary N) is 1. The number of primary amides is 1. The number of hydrogen-bond donors (Lipinski definition) is 3. The van der Waals surface area contributed by atoms with Crippen LogP contribution >= 0.6 is 23.7 Å². The topological polar surface area (TPSA) is 222 Å². The lowest BCUT2D eigenvalue weighted by atomic mass is 10.1. The molecule has 1 aromatic carbocycles. The second-order valence-electron chi connectivity index (χ2n) is 7.14. The van der Waals surface area contributed by atoms with Gasteiger partial charge in [-0.2, -0.15) is 0 Å². The molecule has 0 fully saturated rings. The number of amides is 2. The van der Waals surface area contributed by atoms with Crippen LogP contribution < -0.4 is 20.5 Å². The lowest BCUT2D eigenvalue weighted by molar-refractivity contribution is 0.0934. The Morgan fingerprint density at radius 2 is 1.60 bits per heavy atom. The number of ether oxygens (including phenoxy) is 2. The van der Waals surface area contributed by atoms with Crippen LogP contribution in [0.5, 0.6) is 17.2 Å². The third kappa shape index (κ3) is 12.5. The normalized spacial score (nSPS) is 9.40. The van der Waals surface area contributed by atoms with Crippen LogP contribution in [0.15, 0.2) is 23.0 Å². The first-order valence-corrected chi connectivity index (χ1v) is 10.7. The number of carbonyl (C=O) groups is 2. The van der Waals surface area contributed by atoms with Crippen molar-refractivity contribution in [2.45, 2.75) is 39.8 Å². The van der Waals surface area contributed by atoms with Crippen LogP contribution in [0, 0.1) is 0 Å². The van der Waals surface area contributed by atoms with Crippen molar-refractivity contribution in [2.75, 3.05) is 27.3 Å². The fourth-order valence-corrected chi connectivity index (χ4v) is 3.42. The van der Waals surface area contributed by atoms with Crippen molar-refractivity contribution < 1.29 is 40.6 Å². The van der Waals surface area contributed by atoms with Crippen molar-refractivity contribution in [1.82, 2.24) is 15.2 Å². The van der Waals surface area contributed by atoms with Crippen molar-refractivity contribution in [1.29, 1.82) is 0 Å². The highest BCUT2D eigenvalue weighted by Crippen LogP contribution is 2.33. The molecule has 2 rings (SSSR count). The predicted octanol–water partition coefficient (Wildman–Crippen LogP) is 0.448. The second-order valence-corrected chi connectivity index (χ2v) is 7.86. The molecule has 0 aliphatic heterocycles. The fourth-order valence-electron chi connectivity index (χ4n) is 2.89. The van der Waals surface area contributed by atoms with Gasteiger partial charge >= 0.3 is 0 Å². The molecule has 0 bridgehead atoms. The van der Waals surface area contributed by atoms with Crippen LogP contribution in [0.2, 0.25) is 0 Å². The van der Waals surface area contributed by atoms with Gasteiger partial charge in [-0.15, -0.1) is 23.7 Å². The Balaban J connectivity index is -0.000000250. The van der Waals surface area contributed by atoms with Gasteiger partial charge in [0.15, 0.2) is 11.5 Å². The number of hydrogen-bond acceptors (Lipinski definition) is 8. The number of carbonyl (C=O) groups excluding carboxylic acids is 2. The molecule has 35 heavy (non-hydrogen) atoms. The molecular formula is C21H39ClN4O8S. The molecule has 12 nitrogen and oxygen atoms in total. The number of aromatic nitrogens is 1. The Kier molecular flexibility index (Phi) is 22.1. The minimum Gasteiger partial charge on any atom is -0.507 e. The first-order valence-electron chi connectivity index (χ1n) is 9.79. The van der Waals surface area contributed by atoms with E-state index in [1.807, 2.05) is 0 Å². The molecule has 0 atom stereocenters. The van der Waals surface area contributed by atoms with Gasteiger partial charge in [-0.25, -0.2) is 4.98 Å². The summed E-state index contributed by atoms with van der Waals surface area (Å²) in [5, 5.41) is 14.0. The lowest BCUT2D eigenvalue weighted by Gasteiger charge is -2.30. The number of methoxy groups -OCH3 is 2. The summed E-state index contributed by atoms with van der Waals surface area (Å²) in [7, 11) is 2.86. The van der Waals surface area contributed by atoms with Crippen LogP contribution in [-0.4, -0.2) is 82.6 Å². The van der Waals surface area contributed by atoms with E-state index in [1.165, 1.54) is 37.7 Å². The van der Waals surface area contributed by atoms with Gasteiger partial charge in [0, 0.05) is 42.7 Å². The zero-order chi connectivity index (χ0) is 23.6. The summed E-state index contributed by atoms with van der Waals surface area (Å²) in [6, 6.07) is 3.59. The van der Waals surface area contributed by atoms with Crippen molar-refractivity contribution in [2.24, 2.45) is 5.73 Å². The molecule has 1 aromatic heterocycles. The molecule has 0 saturated carbocycles. The molecule has 10 N–H and O–H groups in total. The molecule has 0 radical (unpaired) electrons. The highest BCUT2D eigenvalue weighted by atomic mass is 35.5. The average Bonchev–Trinajstić information content (AvgIpc) is 3.25. The first kappa shape index (κ1) is 39.5. The van der Waals surface area contributed by atoms with Gasteiger partial charge in [-0.3, -0.25) is 14.5 Å². The number of nitrogens with one attached hydrogen (secondary N) is 1. The third-order valence-electron chi connectivity index (χ3n) is 4.41. The van der Waals surface area contributed by atoms with Crippen molar-refractivity contribution in [3.05, 3.63) is 34.3 Å². The number of rotatable bonds is 9. The predicted molar refractivity (Wildman–Crippen MR) is 139 cm³/mol. The molecular weight excluding hydrogens is 504 g/mol. The number of benzene rings is 1.